The number of nitrogens with two attached hydrogens (primary N) is 1. The van der Waals surface area contributed by atoms with Crippen molar-refractivity contribution in [2.24, 2.45) is 4.99 Å². The van der Waals surface area contributed by atoms with Crippen LogP contribution in [0.5, 0.6) is 0 Å². The molecule has 0 radical (unpaired) electrons. The van der Waals surface area contributed by atoms with Crippen molar-refractivity contribution in [1.82, 2.24) is 14.6 Å². The SMILES string of the molecule is CCCCCCCCCCCCCCCCCCOC[C@H](COP(=O)(O)OC[C@H]1O[C@@](/C=N\C)(c2ccc3c(N)ncnn23)[C@H](O)[C@@H]1O)OCc1cc(F)c(CCC)c(C#N)c1. The van der Waals surface area contributed by atoms with E-state index in [9.17, 15) is 29.3 Å². The number of aliphatic hydroxyl groups excluding tert-OH is 2. The molecule has 1 aromatic carbocycles. The summed E-state index contributed by atoms with van der Waals surface area (Å²) >= 11 is 0. The van der Waals surface area contributed by atoms with E-state index in [0.29, 0.717) is 36.1 Å². The van der Waals surface area contributed by atoms with Gasteiger partial charge in [-0.3, -0.25) is 14.0 Å². The van der Waals surface area contributed by atoms with Gasteiger partial charge in [0.1, 0.15) is 42.1 Å². The highest BCUT2D eigenvalue weighted by Gasteiger charge is 2.56. The summed E-state index contributed by atoms with van der Waals surface area (Å²) in [6.07, 6.45) is 18.4. The molecule has 6 atom stereocenters. The highest BCUT2D eigenvalue weighted by molar-refractivity contribution is 7.47. The van der Waals surface area contributed by atoms with Gasteiger partial charge >= 0.3 is 7.82 Å². The first-order valence-corrected chi connectivity index (χ1v) is 24.1. The van der Waals surface area contributed by atoms with Gasteiger partial charge in [-0.15, -0.1) is 0 Å². The van der Waals surface area contributed by atoms with E-state index < -0.39 is 56.9 Å². The Morgan fingerprint density at radius 1 is 0.984 bits per heavy atom. The van der Waals surface area contributed by atoms with Crippen molar-refractivity contribution in [2.75, 3.05) is 39.2 Å². The highest BCUT2D eigenvalue weighted by atomic mass is 31.2. The third-order valence-corrected chi connectivity index (χ3v) is 12.3. The average molecular weight is 889 g/mol. The molecule has 0 saturated carbocycles. The fourth-order valence-corrected chi connectivity index (χ4v) is 8.66. The zero-order chi connectivity index (χ0) is 44.8. The Balaban J connectivity index is 1.26. The number of nitrogen functional groups attached to an aromatic ring is 1. The first-order valence-electron chi connectivity index (χ1n) is 22.6. The molecule has 0 aliphatic carbocycles. The quantitative estimate of drug-likeness (QED) is 0.0264. The first kappa shape index (κ1) is 51.3. The zero-order valence-electron chi connectivity index (χ0n) is 37.0. The number of benzene rings is 1. The van der Waals surface area contributed by atoms with Gasteiger partial charge in [-0.2, -0.15) is 10.4 Å². The Morgan fingerprint density at radius 2 is 1.63 bits per heavy atom. The van der Waals surface area contributed by atoms with Crippen LogP contribution in [0.2, 0.25) is 0 Å². The van der Waals surface area contributed by atoms with E-state index in [0.717, 1.165) is 19.3 Å². The van der Waals surface area contributed by atoms with Gasteiger partial charge in [-0.1, -0.05) is 117 Å². The molecule has 0 amide bonds. The lowest BCUT2D eigenvalue weighted by Crippen LogP contribution is -2.43. The molecule has 3 heterocycles. The van der Waals surface area contributed by atoms with Crippen molar-refractivity contribution in [1.29, 1.82) is 5.26 Å². The summed E-state index contributed by atoms with van der Waals surface area (Å²) in [6.45, 7) is 3.42. The maximum atomic E-state index is 15.0. The van der Waals surface area contributed by atoms with E-state index in [-0.39, 0.29) is 30.3 Å². The number of rotatable bonds is 32. The number of phosphoric ester groups is 1. The van der Waals surface area contributed by atoms with E-state index in [1.165, 1.54) is 114 Å². The van der Waals surface area contributed by atoms with Crippen LogP contribution in [0.1, 0.15) is 145 Å². The summed E-state index contributed by atoms with van der Waals surface area (Å²) in [5, 5.41) is 36.2. The third-order valence-electron chi connectivity index (χ3n) is 11.3. The van der Waals surface area contributed by atoms with Crippen LogP contribution in [-0.2, 0) is 46.5 Å². The van der Waals surface area contributed by atoms with Crippen molar-refractivity contribution in [3.05, 3.63) is 58.8 Å². The van der Waals surface area contributed by atoms with Gasteiger partial charge in [0.2, 0.25) is 0 Å². The molecule has 0 spiro atoms. The number of aliphatic imine (C=N–C) groups is 1. The number of aromatic nitrogens is 3. The maximum absolute atomic E-state index is 15.0. The molecule has 4 rings (SSSR count). The van der Waals surface area contributed by atoms with Crippen molar-refractivity contribution in [3.63, 3.8) is 0 Å². The van der Waals surface area contributed by atoms with Crippen LogP contribution < -0.4 is 5.73 Å². The van der Waals surface area contributed by atoms with E-state index >= 15 is 0 Å². The molecule has 346 valence electrons. The van der Waals surface area contributed by atoms with Gasteiger partial charge < -0.3 is 35.1 Å². The fraction of sp³-hybridized carbons (Fsp3) is 0.689. The average Bonchev–Trinajstić information content (AvgIpc) is 3.80. The van der Waals surface area contributed by atoms with Crippen LogP contribution in [0.4, 0.5) is 10.2 Å². The van der Waals surface area contributed by atoms with Crippen LogP contribution in [-0.4, -0.2) is 93.8 Å². The smallest absolute Gasteiger partial charge is 0.387 e. The molecule has 15 nitrogen and oxygen atoms in total. The molecule has 1 aliphatic heterocycles. The molecule has 1 saturated heterocycles. The van der Waals surface area contributed by atoms with Crippen molar-refractivity contribution in [2.45, 2.75) is 166 Å². The Labute approximate surface area is 366 Å². The lowest BCUT2D eigenvalue weighted by atomic mass is 9.92. The standard InChI is InChI=1S/C45H70FN6O9P/c1-4-6-7-8-9-10-11-12-13-14-15-16-17-18-19-20-24-57-29-36(58-28-34-25-35(27-47)37(21-5-2)38(46)26-34)30-59-62(55,56)60-31-40-42(53)43(54)45(61-40,32-49-3)41-23-22-39-44(48)50-33-51-52(39)41/h22-23,25-26,32-33,36,40,42-43,53-54H,4-21,24,28-31H2,1-3H3,(H,55,56)(H2,48,50,51)/b49-32-/t36-,40-,42-,43-,45+/m1/s1. The lowest BCUT2D eigenvalue weighted by molar-refractivity contribution is -0.0626. The van der Waals surface area contributed by atoms with Gasteiger partial charge in [-0.25, -0.2) is 18.5 Å². The summed E-state index contributed by atoms with van der Waals surface area (Å²) in [4.78, 5) is 18.8. The predicted octanol–water partition coefficient (Wildman–Crippen LogP) is 8.29. The Hall–Kier alpha value is -3.36. The molecular formula is C45H70FN6O9P. The van der Waals surface area contributed by atoms with Gasteiger partial charge in [0.05, 0.1) is 43.8 Å². The third kappa shape index (κ3) is 15.4. The molecule has 0 bridgehead atoms. The van der Waals surface area contributed by atoms with Gasteiger partial charge in [0, 0.05) is 25.4 Å². The number of fused-ring (bicyclic) bond motifs is 1. The number of aliphatic hydroxyl groups is 2. The first-order chi connectivity index (χ1) is 30.0. The fourth-order valence-electron chi connectivity index (χ4n) is 7.89. The van der Waals surface area contributed by atoms with Crippen LogP contribution in [0.15, 0.2) is 35.6 Å². The molecule has 1 unspecified atom stereocenters. The molecule has 5 N–H and O–H groups in total. The van der Waals surface area contributed by atoms with Crippen LogP contribution >= 0.6 is 7.82 Å². The summed E-state index contributed by atoms with van der Waals surface area (Å²) < 4.78 is 58.3. The number of ether oxygens (including phenoxy) is 3. The number of unbranched alkanes of at least 4 members (excludes halogenated alkanes) is 15. The number of hydrogen-bond acceptors (Lipinski definition) is 13. The lowest BCUT2D eigenvalue weighted by Gasteiger charge is -2.27. The highest BCUT2D eigenvalue weighted by Crippen LogP contribution is 2.46. The molecule has 1 aliphatic rings. The zero-order valence-corrected chi connectivity index (χ0v) is 37.9. The van der Waals surface area contributed by atoms with Crippen molar-refractivity contribution in [3.8, 4) is 6.07 Å². The van der Waals surface area contributed by atoms with Crippen molar-refractivity contribution < 1.29 is 47.3 Å². The molecule has 62 heavy (non-hydrogen) atoms. The van der Waals surface area contributed by atoms with Gasteiger partial charge in [0.15, 0.2) is 11.4 Å². The number of halogens is 1. The molecule has 17 heteroatoms. The second-order valence-electron chi connectivity index (χ2n) is 16.3. The second kappa shape index (κ2) is 27.1. The topological polar surface area (TPSA) is 216 Å². The van der Waals surface area contributed by atoms with E-state index in [2.05, 4.69) is 28.1 Å². The summed E-state index contributed by atoms with van der Waals surface area (Å²) in [5.74, 6) is -0.318. The number of nitriles is 1. The normalized spacial score (nSPS) is 20.6. The molecule has 2 aromatic heterocycles. The minimum atomic E-state index is -4.80. The minimum absolute atomic E-state index is 0.00903. The van der Waals surface area contributed by atoms with E-state index in [1.807, 2.05) is 6.92 Å². The van der Waals surface area contributed by atoms with Gasteiger partial charge in [0.25, 0.3) is 0 Å². The maximum Gasteiger partial charge on any atom is 0.472 e. The Morgan fingerprint density at radius 3 is 2.24 bits per heavy atom. The Kier molecular flexibility index (Phi) is 22.4. The van der Waals surface area contributed by atoms with Gasteiger partial charge in [-0.05, 0) is 42.7 Å². The minimum Gasteiger partial charge on any atom is -0.387 e. The molecule has 1 fully saturated rings. The second-order valence-corrected chi connectivity index (χ2v) is 17.7. The molecular weight excluding hydrogens is 818 g/mol. The van der Waals surface area contributed by atoms with Crippen LogP contribution in [0.3, 0.4) is 0 Å². The van der Waals surface area contributed by atoms with Crippen LogP contribution in [0, 0.1) is 17.1 Å². The largest absolute Gasteiger partial charge is 0.472 e. The van der Waals surface area contributed by atoms with E-state index in [1.54, 1.807) is 18.2 Å². The summed E-state index contributed by atoms with van der Waals surface area (Å²) in [7, 11) is -3.34. The predicted molar refractivity (Wildman–Crippen MR) is 236 cm³/mol. The van der Waals surface area contributed by atoms with Crippen LogP contribution in [0.25, 0.3) is 5.52 Å². The Bertz CT molecular complexity index is 1900. The molecule has 3 aromatic rings. The monoisotopic (exact) mass is 888 g/mol. The number of anilines is 1. The van der Waals surface area contributed by atoms with Crippen molar-refractivity contribution >= 4 is 25.4 Å². The summed E-state index contributed by atoms with van der Waals surface area (Å²) in [6, 6.07) is 8.18. The number of hydrogen-bond donors (Lipinski definition) is 4. The number of phosphoric acid groups is 1. The number of nitrogens with zero attached hydrogens (tertiary/aromatic N) is 5. The van der Waals surface area contributed by atoms with E-state index in [4.69, 9.17) is 29.0 Å². The summed E-state index contributed by atoms with van der Waals surface area (Å²) in [5.41, 5.74) is 5.98.